The van der Waals surface area contributed by atoms with Crippen LogP contribution in [0, 0.1) is 0 Å². The number of aliphatic hydroxyl groups is 3. The molecule has 0 radical (unpaired) electrons. The molecule has 5 heteroatoms. The maximum atomic E-state index is 10.6. The van der Waals surface area contributed by atoms with Crippen molar-refractivity contribution in [1.82, 2.24) is 0 Å². The van der Waals surface area contributed by atoms with Crippen LogP contribution in [0.25, 0.3) is 0 Å². The molecular formula is C6H10O5. The molecule has 0 aromatic rings. The van der Waals surface area contributed by atoms with Crippen LogP contribution in [-0.2, 0) is 9.53 Å². The average molecular weight is 162 g/mol. The highest BCUT2D eigenvalue weighted by molar-refractivity contribution is 5.76. The topological polar surface area (TPSA) is 87.0 Å². The highest BCUT2D eigenvalue weighted by Gasteiger charge is 2.41. The number of hydrogen-bond donors (Lipinski definition) is 3. The quantitative estimate of drug-likeness (QED) is 0.359. The summed E-state index contributed by atoms with van der Waals surface area (Å²) in [5.74, 6) is -0.893. The lowest BCUT2D eigenvalue weighted by Crippen LogP contribution is -2.54. The molecule has 64 valence electrons. The smallest absolute Gasteiger partial charge is 0.338 e. The Labute approximate surface area is 63.2 Å². The number of carbonyl (C=O) groups excluding carboxylic acids is 1. The Morgan fingerprint density at radius 3 is 2.36 bits per heavy atom. The molecule has 1 aliphatic rings. The maximum absolute atomic E-state index is 10.6. The van der Waals surface area contributed by atoms with E-state index in [-0.39, 0.29) is 0 Å². The molecule has 0 aliphatic carbocycles. The van der Waals surface area contributed by atoms with Crippen LogP contribution in [0.2, 0.25) is 0 Å². The second-order valence-electron chi connectivity index (χ2n) is 2.57. The fourth-order valence-corrected chi connectivity index (χ4v) is 0.927. The first kappa shape index (κ1) is 8.45. The third-order valence-corrected chi connectivity index (χ3v) is 1.70. The zero-order valence-corrected chi connectivity index (χ0v) is 5.97. The van der Waals surface area contributed by atoms with E-state index in [0.29, 0.717) is 0 Å². The Balaban J connectivity index is 2.70. The minimum absolute atomic E-state index is 0.763. The second-order valence-corrected chi connectivity index (χ2v) is 2.57. The van der Waals surface area contributed by atoms with Crippen molar-refractivity contribution in [2.75, 3.05) is 0 Å². The highest BCUT2D eigenvalue weighted by Crippen LogP contribution is 2.15. The summed E-state index contributed by atoms with van der Waals surface area (Å²) >= 11 is 0. The van der Waals surface area contributed by atoms with Gasteiger partial charge in [0.15, 0.2) is 6.10 Å². The molecular weight excluding hydrogens is 152 g/mol. The summed E-state index contributed by atoms with van der Waals surface area (Å²) in [5, 5.41) is 26.9. The van der Waals surface area contributed by atoms with Crippen LogP contribution in [0.15, 0.2) is 0 Å². The number of ether oxygens (including phenoxy) is 1. The van der Waals surface area contributed by atoms with Crippen LogP contribution in [-0.4, -0.2) is 45.7 Å². The number of aliphatic hydroxyl groups excluding tert-OH is 3. The summed E-state index contributed by atoms with van der Waals surface area (Å²) < 4.78 is 4.48. The van der Waals surface area contributed by atoms with Gasteiger partial charge in [-0.25, -0.2) is 4.79 Å². The third-order valence-electron chi connectivity index (χ3n) is 1.70. The van der Waals surface area contributed by atoms with Crippen molar-refractivity contribution in [1.29, 1.82) is 0 Å². The van der Waals surface area contributed by atoms with E-state index in [9.17, 15) is 4.79 Å². The Kier molecular flexibility index (Phi) is 2.12. The summed E-state index contributed by atoms with van der Waals surface area (Å²) in [7, 11) is 0. The average Bonchev–Trinajstić information content (AvgIpc) is 1.97. The van der Waals surface area contributed by atoms with E-state index in [4.69, 9.17) is 15.3 Å². The van der Waals surface area contributed by atoms with Gasteiger partial charge in [0.05, 0.1) is 0 Å². The lowest BCUT2D eigenvalue weighted by molar-refractivity contribution is -0.199. The van der Waals surface area contributed by atoms with Crippen molar-refractivity contribution in [3.63, 3.8) is 0 Å². The van der Waals surface area contributed by atoms with Crippen LogP contribution in [0.5, 0.6) is 0 Å². The predicted octanol–water partition coefficient (Wildman–Crippen LogP) is -1.99. The molecule has 1 heterocycles. The molecule has 4 atom stereocenters. The second kappa shape index (κ2) is 2.77. The number of cyclic esters (lactones) is 1. The molecule has 1 rings (SSSR count). The van der Waals surface area contributed by atoms with Crippen molar-refractivity contribution >= 4 is 5.97 Å². The molecule has 0 spiro atoms. The van der Waals surface area contributed by atoms with Gasteiger partial charge in [0.2, 0.25) is 0 Å². The molecule has 1 fully saturated rings. The highest BCUT2D eigenvalue weighted by atomic mass is 16.6. The van der Waals surface area contributed by atoms with Crippen LogP contribution in [0.4, 0.5) is 0 Å². The van der Waals surface area contributed by atoms with E-state index in [1.54, 1.807) is 0 Å². The maximum Gasteiger partial charge on any atom is 0.338 e. The van der Waals surface area contributed by atoms with Crippen molar-refractivity contribution < 1.29 is 24.9 Å². The van der Waals surface area contributed by atoms with E-state index in [1.807, 2.05) is 0 Å². The largest absolute Gasteiger partial charge is 0.458 e. The summed E-state index contributed by atoms with van der Waals surface area (Å²) in [6, 6.07) is 0. The number of hydrogen-bond acceptors (Lipinski definition) is 5. The number of carbonyl (C=O) groups is 1. The van der Waals surface area contributed by atoms with Crippen molar-refractivity contribution in [2.45, 2.75) is 31.3 Å². The minimum Gasteiger partial charge on any atom is -0.458 e. The molecule has 0 bridgehead atoms. The van der Waals surface area contributed by atoms with Gasteiger partial charge in [0.25, 0.3) is 0 Å². The summed E-state index contributed by atoms with van der Waals surface area (Å²) in [6.45, 7) is 1.44. The molecule has 11 heavy (non-hydrogen) atoms. The molecule has 5 nitrogen and oxygen atoms in total. The van der Waals surface area contributed by atoms with Gasteiger partial charge in [-0.2, -0.15) is 0 Å². The van der Waals surface area contributed by atoms with Gasteiger partial charge in [0, 0.05) is 0 Å². The molecule has 3 N–H and O–H groups in total. The van der Waals surface area contributed by atoms with Gasteiger partial charge < -0.3 is 20.1 Å². The molecule has 0 amide bonds. The Bertz CT molecular complexity index is 168. The van der Waals surface area contributed by atoms with E-state index < -0.39 is 30.4 Å². The Morgan fingerprint density at radius 2 is 1.82 bits per heavy atom. The number of esters is 1. The van der Waals surface area contributed by atoms with E-state index >= 15 is 0 Å². The predicted molar refractivity (Wildman–Crippen MR) is 33.6 cm³/mol. The standard InChI is InChI=1S/C6H10O5/c1-2-3(7)4(8)5(9)6(10)11-2/h2-5,7-9H,1H3/t2-,3-,4+,5+/m0/s1. The molecule has 0 aromatic carbocycles. The van der Waals surface area contributed by atoms with E-state index in [2.05, 4.69) is 4.74 Å². The minimum atomic E-state index is -1.62. The van der Waals surface area contributed by atoms with E-state index in [0.717, 1.165) is 0 Å². The molecule has 0 saturated carbocycles. The van der Waals surface area contributed by atoms with Gasteiger partial charge >= 0.3 is 5.97 Å². The van der Waals surface area contributed by atoms with Crippen LogP contribution in [0.1, 0.15) is 6.92 Å². The number of rotatable bonds is 0. The summed E-state index contributed by atoms with van der Waals surface area (Å²) in [5.41, 5.74) is 0. The van der Waals surface area contributed by atoms with E-state index in [1.165, 1.54) is 6.92 Å². The molecule has 0 unspecified atom stereocenters. The fourth-order valence-electron chi connectivity index (χ4n) is 0.927. The summed E-state index contributed by atoms with van der Waals surface area (Å²) in [6.07, 6.45) is -5.03. The normalized spacial score (nSPS) is 45.3. The van der Waals surface area contributed by atoms with Gasteiger partial charge in [-0.15, -0.1) is 0 Å². The Hall–Kier alpha value is -0.650. The van der Waals surface area contributed by atoms with Gasteiger partial charge in [-0.1, -0.05) is 0 Å². The zero-order chi connectivity index (χ0) is 8.59. The SMILES string of the molecule is C[C@@H]1OC(=O)[C@H](O)[C@H](O)[C@H]1O. The Morgan fingerprint density at radius 1 is 1.27 bits per heavy atom. The van der Waals surface area contributed by atoms with Crippen LogP contribution >= 0.6 is 0 Å². The molecule has 1 saturated heterocycles. The monoisotopic (exact) mass is 162 g/mol. The first-order valence-corrected chi connectivity index (χ1v) is 3.28. The third kappa shape index (κ3) is 1.35. The summed E-state index contributed by atoms with van der Waals surface area (Å²) in [4.78, 5) is 10.6. The first-order valence-electron chi connectivity index (χ1n) is 3.28. The van der Waals surface area contributed by atoms with Crippen molar-refractivity contribution in [2.24, 2.45) is 0 Å². The lowest BCUT2D eigenvalue weighted by Gasteiger charge is -2.31. The van der Waals surface area contributed by atoms with Gasteiger partial charge in [-0.3, -0.25) is 0 Å². The zero-order valence-electron chi connectivity index (χ0n) is 5.97. The fraction of sp³-hybridized carbons (Fsp3) is 0.833. The first-order chi connectivity index (χ1) is 5.04. The van der Waals surface area contributed by atoms with Crippen LogP contribution < -0.4 is 0 Å². The van der Waals surface area contributed by atoms with Gasteiger partial charge in [0.1, 0.15) is 18.3 Å². The molecule has 0 aromatic heterocycles. The van der Waals surface area contributed by atoms with Gasteiger partial charge in [-0.05, 0) is 6.92 Å². The molecule has 1 aliphatic heterocycles. The van der Waals surface area contributed by atoms with Crippen molar-refractivity contribution in [3.05, 3.63) is 0 Å². The van der Waals surface area contributed by atoms with Crippen LogP contribution in [0.3, 0.4) is 0 Å². The van der Waals surface area contributed by atoms with Crippen molar-refractivity contribution in [3.8, 4) is 0 Å². The lowest BCUT2D eigenvalue weighted by atomic mass is 10.0.